The first-order valence-corrected chi connectivity index (χ1v) is 17.7. The molecular formula is C32H29N7O10S3. The lowest BCUT2D eigenvalue weighted by Crippen LogP contribution is -2.03. The summed E-state index contributed by atoms with van der Waals surface area (Å²) in [5.41, 5.74) is 11.3. The van der Waals surface area contributed by atoms with Crippen LogP contribution >= 0.6 is 24.1 Å². The lowest BCUT2D eigenvalue weighted by atomic mass is 10.1. The van der Waals surface area contributed by atoms with E-state index in [0.29, 0.717) is 50.9 Å². The molecule has 0 bridgehead atoms. The van der Waals surface area contributed by atoms with Crippen molar-refractivity contribution in [2.75, 3.05) is 5.73 Å². The highest BCUT2D eigenvalue weighted by Crippen LogP contribution is 2.46. The highest BCUT2D eigenvalue weighted by Gasteiger charge is 2.21. The topological polar surface area (TPSA) is 252 Å². The molecule has 0 amide bonds. The zero-order valence-electron chi connectivity index (χ0n) is 27.6. The molecule has 6 N–H and O–H groups in total. The van der Waals surface area contributed by atoms with Gasteiger partial charge < -0.3 is 10.8 Å². The van der Waals surface area contributed by atoms with Crippen molar-refractivity contribution in [1.29, 1.82) is 0 Å². The molecule has 270 valence electrons. The minimum absolute atomic E-state index is 0.0833. The molecule has 0 aliphatic rings. The van der Waals surface area contributed by atoms with Crippen molar-refractivity contribution < 1.29 is 47.3 Å². The molecule has 5 rings (SSSR count). The van der Waals surface area contributed by atoms with E-state index in [0.717, 1.165) is 34.8 Å². The maximum Gasteiger partial charge on any atom is 0.296 e. The molecule has 0 saturated heterocycles. The number of nitrogens with zero attached hydrogens (tertiary/aromatic N) is 6. The van der Waals surface area contributed by atoms with Crippen molar-refractivity contribution in [3.8, 4) is 5.75 Å². The molecule has 0 aliphatic heterocycles. The van der Waals surface area contributed by atoms with Crippen LogP contribution in [0.1, 0.15) is 22.3 Å². The van der Waals surface area contributed by atoms with E-state index in [9.17, 15) is 18.1 Å². The largest absolute Gasteiger partial charge is 0.505 e. The highest BCUT2D eigenvalue weighted by molar-refractivity contribution is 7.95. The van der Waals surface area contributed by atoms with Gasteiger partial charge in [-0.3, -0.25) is 4.55 Å². The molecule has 0 atom stereocenters. The number of hydrogen-bond acceptors (Lipinski definition) is 18. The molecule has 0 aliphatic carbocycles. The van der Waals surface area contributed by atoms with E-state index in [2.05, 4.69) is 49.4 Å². The Morgan fingerprint density at radius 1 is 0.673 bits per heavy atom. The maximum atomic E-state index is 11.8. The van der Waals surface area contributed by atoms with E-state index in [1.807, 2.05) is 32.9 Å². The van der Waals surface area contributed by atoms with E-state index in [1.165, 1.54) is 12.1 Å². The third kappa shape index (κ3) is 9.13. The van der Waals surface area contributed by atoms with Gasteiger partial charge in [0.05, 0.1) is 63.1 Å². The molecule has 0 heterocycles. The van der Waals surface area contributed by atoms with Crippen molar-refractivity contribution in [2.45, 2.75) is 42.4 Å². The summed E-state index contributed by atoms with van der Waals surface area (Å²) < 4.78 is 42.1. The fraction of sp³-hybridized carbons (Fsp3) is 0.125. The molecule has 5 aromatic rings. The molecule has 0 saturated carbocycles. The Labute approximate surface area is 304 Å². The van der Waals surface area contributed by atoms with Crippen LogP contribution < -0.4 is 5.73 Å². The second-order valence-corrected chi connectivity index (χ2v) is 14.0. The van der Waals surface area contributed by atoms with Crippen LogP contribution in [0.4, 0.5) is 39.8 Å². The number of benzene rings is 5. The summed E-state index contributed by atoms with van der Waals surface area (Å²) in [6, 6.07) is 17.8. The van der Waals surface area contributed by atoms with E-state index < -0.39 is 20.8 Å². The Hall–Kier alpha value is -4.87. The quantitative estimate of drug-likeness (QED) is 0.0187. The maximum absolute atomic E-state index is 11.8. The van der Waals surface area contributed by atoms with E-state index >= 15 is 0 Å². The lowest BCUT2D eigenvalue weighted by Gasteiger charge is -2.11. The van der Waals surface area contributed by atoms with Crippen molar-refractivity contribution >= 4 is 84.8 Å². The molecule has 0 spiro atoms. The molecule has 52 heavy (non-hydrogen) atoms. The minimum Gasteiger partial charge on any atom is -0.505 e. The van der Waals surface area contributed by atoms with Gasteiger partial charge in [0.25, 0.3) is 10.1 Å². The Kier molecular flexibility index (Phi) is 12.3. The number of phenolic OH excluding ortho intramolecular Hbond substituents is 1. The Balaban J connectivity index is 1.39. The van der Waals surface area contributed by atoms with E-state index in [1.54, 1.807) is 43.3 Å². The first-order valence-electron chi connectivity index (χ1n) is 14.7. The van der Waals surface area contributed by atoms with Gasteiger partial charge in [-0.15, -0.1) is 13.8 Å². The zero-order valence-corrected chi connectivity index (χ0v) is 30.0. The van der Waals surface area contributed by atoms with E-state index in [4.69, 9.17) is 16.2 Å². The lowest BCUT2D eigenvalue weighted by molar-refractivity contribution is -0.432. The number of aryl methyl sites for hydroxylation is 4. The van der Waals surface area contributed by atoms with Crippen LogP contribution in [0.5, 0.6) is 5.75 Å². The molecule has 17 nitrogen and oxygen atoms in total. The number of azo groups is 3. The number of aromatic hydroxyl groups is 1. The average molecular weight is 768 g/mol. The molecule has 20 heteroatoms. The Bertz CT molecular complexity index is 2360. The van der Waals surface area contributed by atoms with Crippen molar-refractivity contribution in [2.24, 2.45) is 30.7 Å². The van der Waals surface area contributed by atoms with Gasteiger partial charge in [0.2, 0.25) is 0 Å². The number of rotatable bonds is 13. The van der Waals surface area contributed by atoms with Crippen LogP contribution in [0, 0.1) is 27.7 Å². The Morgan fingerprint density at radius 3 is 1.73 bits per heavy atom. The average Bonchev–Trinajstić information content (AvgIpc) is 3.10. The summed E-state index contributed by atoms with van der Waals surface area (Å²) in [6.45, 7) is 7.38. The van der Waals surface area contributed by atoms with Gasteiger partial charge in [-0.2, -0.15) is 34.0 Å². The second kappa shape index (κ2) is 16.6. The summed E-state index contributed by atoms with van der Waals surface area (Å²) in [5, 5.41) is 61.9. The van der Waals surface area contributed by atoms with Crippen molar-refractivity contribution in [1.82, 2.24) is 0 Å². The smallest absolute Gasteiger partial charge is 0.296 e. The van der Waals surface area contributed by atoms with Crippen LogP contribution in [-0.2, 0) is 28.9 Å². The van der Waals surface area contributed by atoms with Gasteiger partial charge in [0.1, 0.15) is 10.6 Å². The van der Waals surface area contributed by atoms with Crippen LogP contribution in [0.3, 0.4) is 0 Å². The van der Waals surface area contributed by atoms with Gasteiger partial charge in [-0.05, 0) is 116 Å². The first-order chi connectivity index (χ1) is 24.8. The molecule has 0 radical (unpaired) electrons. The van der Waals surface area contributed by atoms with Gasteiger partial charge in [0, 0.05) is 10.3 Å². The number of hydrogen-bond donors (Lipinski definition) is 5. The highest BCUT2D eigenvalue weighted by atomic mass is 32.2. The number of fused-ring (bicyclic) bond motifs is 1. The van der Waals surface area contributed by atoms with Crippen LogP contribution in [0.25, 0.3) is 10.8 Å². The monoisotopic (exact) mass is 767 g/mol. The summed E-state index contributed by atoms with van der Waals surface area (Å²) >= 11 is 1.29. The summed E-state index contributed by atoms with van der Waals surface area (Å²) in [7, 11) is -4.66. The first kappa shape index (κ1) is 38.4. The van der Waals surface area contributed by atoms with Gasteiger partial charge in [0.15, 0.2) is 5.75 Å². The number of nitrogens with two attached hydrogens (primary N) is 1. The number of nitrogen functional groups attached to an aromatic ring is 1. The second-order valence-electron chi connectivity index (χ2n) is 11.1. The van der Waals surface area contributed by atoms with Gasteiger partial charge in [-0.25, -0.2) is 10.5 Å². The SMILES string of the molecule is Cc1cc(N=Nc2cc(C)c(N=Nc3c(SOOO)cc4cc(S(=O)(=O)O)c(N)cc4c3O)cc2C)c(C)cc1N=Nc1cccc(SOOO)c1. The standard InChI is InChI=1S/C32H29N7O10S3/c1-16-9-26(17(2)8-25(16)35-34-21-6-5-7-22(14-21)50-48-46-41)36-37-27-10-19(4)28(11-18(27)3)38-39-31-29(51-49-47-42)12-20-13-30(52(43,44)45)24(33)15-23(20)32(31)40/h5-15,40-42H,33H2,1-4H3,(H,43,44,45). The number of anilines is 1. The van der Waals surface area contributed by atoms with Crippen LogP contribution in [-0.4, -0.2) is 28.6 Å². The summed E-state index contributed by atoms with van der Waals surface area (Å²) in [5.74, 6) is -0.426. The predicted molar refractivity (Wildman–Crippen MR) is 192 cm³/mol. The van der Waals surface area contributed by atoms with Crippen LogP contribution in [0.2, 0.25) is 0 Å². The summed E-state index contributed by atoms with van der Waals surface area (Å²) in [4.78, 5) is 0.179. The van der Waals surface area contributed by atoms with Crippen molar-refractivity contribution in [3.05, 3.63) is 89.0 Å². The summed E-state index contributed by atoms with van der Waals surface area (Å²) in [6.07, 6.45) is 0. The fourth-order valence-corrected chi connectivity index (χ4v) is 6.34. The molecule has 0 aromatic heterocycles. The van der Waals surface area contributed by atoms with Crippen LogP contribution in [0.15, 0.2) is 112 Å². The number of phenols is 1. The third-order valence-corrected chi connectivity index (χ3v) is 9.52. The minimum atomic E-state index is -4.66. The third-order valence-electron chi connectivity index (χ3n) is 7.42. The fourth-order valence-electron chi connectivity index (χ4n) is 4.80. The predicted octanol–water partition coefficient (Wildman–Crippen LogP) is 10.7. The molecular weight excluding hydrogens is 739 g/mol. The molecule has 0 unspecified atom stereocenters. The normalized spacial score (nSPS) is 12.3. The molecule has 0 fully saturated rings. The molecule has 5 aromatic carbocycles. The van der Waals surface area contributed by atoms with E-state index in [-0.39, 0.29) is 27.0 Å². The Morgan fingerprint density at radius 2 is 1.19 bits per heavy atom. The van der Waals surface area contributed by atoms with Gasteiger partial charge >= 0.3 is 0 Å². The van der Waals surface area contributed by atoms with Gasteiger partial charge in [-0.1, -0.05) is 16.1 Å². The van der Waals surface area contributed by atoms with Crippen molar-refractivity contribution in [3.63, 3.8) is 0 Å². The zero-order chi connectivity index (χ0) is 37.6.